The van der Waals surface area contributed by atoms with Gasteiger partial charge in [0, 0.05) is 11.1 Å². The third-order valence-corrected chi connectivity index (χ3v) is 3.58. The quantitative estimate of drug-likeness (QED) is 0.696. The van der Waals surface area contributed by atoms with E-state index in [9.17, 15) is 0 Å². The van der Waals surface area contributed by atoms with Gasteiger partial charge < -0.3 is 4.48 Å². The molecule has 0 saturated carbocycles. The van der Waals surface area contributed by atoms with Crippen molar-refractivity contribution in [2.45, 2.75) is 20.0 Å². The van der Waals surface area contributed by atoms with E-state index in [-0.39, 0.29) is 0 Å². The van der Waals surface area contributed by atoms with Crippen molar-refractivity contribution in [3.05, 3.63) is 71.8 Å². The summed E-state index contributed by atoms with van der Waals surface area (Å²) in [6, 6.07) is 21.5. The second-order valence-corrected chi connectivity index (χ2v) is 5.22. The van der Waals surface area contributed by atoms with E-state index in [1.807, 2.05) is 0 Å². The van der Waals surface area contributed by atoms with Crippen LogP contribution in [0.15, 0.2) is 60.7 Å². The Morgan fingerprint density at radius 2 is 1.11 bits per heavy atom. The normalized spacial score (nSPS) is 11.4. The van der Waals surface area contributed by atoms with Crippen LogP contribution in [-0.4, -0.2) is 18.1 Å². The SMILES string of the molecule is CC[N+](C)(Cc1ccccc1)Cc1ccccc1. The van der Waals surface area contributed by atoms with Crippen molar-refractivity contribution < 1.29 is 4.48 Å². The predicted molar refractivity (Wildman–Crippen MR) is 77.0 cm³/mol. The molecule has 0 aromatic heterocycles. The molecule has 1 heteroatoms. The fraction of sp³-hybridized carbons (Fsp3) is 0.294. The molecule has 0 unspecified atom stereocenters. The lowest BCUT2D eigenvalue weighted by molar-refractivity contribution is -0.933. The van der Waals surface area contributed by atoms with E-state index < -0.39 is 0 Å². The van der Waals surface area contributed by atoms with E-state index >= 15 is 0 Å². The third kappa shape index (κ3) is 3.44. The number of benzene rings is 2. The fourth-order valence-electron chi connectivity index (χ4n) is 2.33. The van der Waals surface area contributed by atoms with Crippen molar-refractivity contribution in [3.8, 4) is 0 Å². The first-order valence-electron chi connectivity index (χ1n) is 6.63. The van der Waals surface area contributed by atoms with Gasteiger partial charge in [-0.3, -0.25) is 0 Å². The Balaban J connectivity index is 2.11. The van der Waals surface area contributed by atoms with Gasteiger partial charge in [-0.15, -0.1) is 0 Å². The second-order valence-electron chi connectivity index (χ2n) is 5.22. The van der Waals surface area contributed by atoms with Crippen LogP contribution in [0.2, 0.25) is 0 Å². The van der Waals surface area contributed by atoms with Crippen LogP contribution in [-0.2, 0) is 13.1 Å². The summed E-state index contributed by atoms with van der Waals surface area (Å²) < 4.78 is 1.05. The average Bonchev–Trinajstić information content (AvgIpc) is 2.41. The fourth-order valence-corrected chi connectivity index (χ4v) is 2.33. The van der Waals surface area contributed by atoms with Crippen molar-refractivity contribution in [1.82, 2.24) is 0 Å². The maximum Gasteiger partial charge on any atom is 0.104 e. The molecule has 0 N–H and O–H groups in total. The highest BCUT2D eigenvalue weighted by atomic mass is 15.3. The van der Waals surface area contributed by atoms with Crippen LogP contribution >= 0.6 is 0 Å². The van der Waals surface area contributed by atoms with Gasteiger partial charge in [-0.2, -0.15) is 0 Å². The van der Waals surface area contributed by atoms with Crippen LogP contribution in [0.25, 0.3) is 0 Å². The van der Waals surface area contributed by atoms with Crippen LogP contribution in [0, 0.1) is 0 Å². The maximum atomic E-state index is 2.33. The highest BCUT2D eigenvalue weighted by Gasteiger charge is 2.20. The topological polar surface area (TPSA) is 0 Å². The Morgan fingerprint density at radius 1 is 0.722 bits per heavy atom. The molecular formula is C17H22N+. The van der Waals surface area contributed by atoms with Gasteiger partial charge in [-0.1, -0.05) is 60.7 Å². The van der Waals surface area contributed by atoms with Crippen LogP contribution < -0.4 is 0 Å². The Bertz CT molecular complexity index is 420. The number of quaternary nitrogens is 1. The highest BCUT2D eigenvalue weighted by molar-refractivity contribution is 5.15. The van der Waals surface area contributed by atoms with Crippen LogP contribution in [0.4, 0.5) is 0 Å². The zero-order valence-corrected chi connectivity index (χ0v) is 11.3. The van der Waals surface area contributed by atoms with Gasteiger partial charge in [0.05, 0.1) is 13.6 Å². The van der Waals surface area contributed by atoms with E-state index in [0.29, 0.717) is 0 Å². The van der Waals surface area contributed by atoms with Crippen molar-refractivity contribution in [1.29, 1.82) is 0 Å². The van der Waals surface area contributed by atoms with Crippen molar-refractivity contribution in [2.24, 2.45) is 0 Å². The van der Waals surface area contributed by atoms with Gasteiger partial charge in [0.1, 0.15) is 13.1 Å². The third-order valence-electron chi connectivity index (χ3n) is 3.58. The largest absolute Gasteiger partial charge is 0.319 e. The van der Waals surface area contributed by atoms with Gasteiger partial charge in [0.2, 0.25) is 0 Å². The summed E-state index contributed by atoms with van der Waals surface area (Å²) >= 11 is 0. The van der Waals surface area contributed by atoms with Crippen molar-refractivity contribution in [3.63, 3.8) is 0 Å². The molecule has 0 amide bonds. The molecule has 0 aliphatic heterocycles. The highest BCUT2D eigenvalue weighted by Crippen LogP contribution is 2.16. The maximum absolute atomic E-state index is 2.33. The Labute approximate surface area is 110 Å². The molecule has 0 radical (unpaired) electrons. The molecule has 0 aliphatic rings. The van der Waals surface area contributed by atoms with E-state index in [1.165, 1.54) is 11.1 Å². The van der Waals surface area contributed by atoms with Gasteiger partial charge >= 0.3 is 0 Å². The van der Waals surface area contributed by atoms with E-state index in [1.54, 1.807) is 0 Å². The molecule has 2 rings (SSSR count). The molecule has 0 heterocycles. The monoisotopic (exact) mass is 240 g/mol. The van der Waals surface area contributed by atoms with Crippen molar-refractivity contribution >= 4 is 0 Å². The van der Waals surface area contributed by atoms with E-state index in [4.69, 9.17) is 0 Å². The van der Waals surface area contributed by atoms with Gasteiger partial charge in [-0.05, 0) is 6.92 Å². The summed E-state index contributed by atoms with van der Waals surface area (Å²) in [5, 5.41) is 0. The van der Waals surface area contributed by atoms with Gasteiger partial charge in [0.25, 0.3) is 0 Å². The molecule has 2 aromatic carbocycles. The Kier molecular flexibility index (Phi) is 4.16. The molecule has 94 valence electrons. The summed E-state index contributed by atoms with van der Waals surface area (Å²) in [7, 11) is 2.33. The predicted octanol–water partition coefficient (Wildman–Crippen LogP) is 3.85. The Hall–Kier alpha value is -1.60. The zero-order valence-electron chi connectivity index (χ0n) is 11.3. The van der Waals surface area contributed by atoms with Crippen molar-refractivity contribution in [2.75, 3.05) is 13.6 Å². The lowest BCUT2D eigenvalue weighted by Crippen LogP contribution is -2.42. The smallest absolute Gasteiger partial charge is 0.104 e. The number of hydrogen-bond donors (Lipinski definition) is 0. The first kappa shape index (κ1) is 12.8. The zero-order chi connectivity index (χ0) is 12.8. The van der Waals surface area contributed by atoms with Crippen LogP contribution in [0.3, 0.4) is 0 Å². The summed E-state index contributed by atoms with van der Waals surface area (Å²) in [5.41, 5.74) is 2.83. The summed E-state index contributed by atoms with van der Waals surface area (Å²) in [6.07, 6.45) is 0. The summed E-state index contributed by atoms with van der Waals surface area (Å²) in [4.78, 5) is 0. The minimum absolute atomic E-state index is 1.05. The summed E-state index contributed by atoms with van der Waals surface area (Å²) in [5.74, 6) is 0. The van der Waals surface area contributed by atoms with Gasteiger partial charge in [-0.25, -0.2) is 0 Å². The molecule has 0 atom stereocenters. The molecule has 1 nitrogen and oxygen atoms in total. The molecule has 18 heavy (non-hydrogen) atoms. The molecule has 0 aliphatic carbocycles. The van der Waals surface area contributed by atoms with E-state index in [0.717, 1.165) is 24.1 Å². The first-order chi connectivity index (χ1) is 8.72. The molecule has 0 bridgehead atoms. The minimum Gasteiger partial charge on any atom is -0.319 e. The minimum atomic E-state index is 1.05. The lowest BCUT2D eigenvalue weighted by atomic mass is 10.1. The van der Waals surface area contributed by atoms with Crippen LogP contribution in [0.5, 0.6) is 0 Å². The second kappa shape index (κ2) is 5.83. The molecule has 0 spiro atoms. The van der Waals surface area contributed by atoms with Gasteiger partial charge in [0.15, 0.2) is 0 Å². The number of hydrogen-bond acceptors (Lipinski definition) is 0. The lowest BCUT2D eigenvalue weighted by Gasteiger charge is -2.33. The molecule has 0 saturated heterocycles. The first-order valence-corrected chi connectivity index (χ1v) is 6.63. The average molecular weight is 240 g/mol. The number of nitrogens with zero attached hydrogens (tertiary/aromatic N) is 1. The molecule has 0 fully saturated rings. The standard InChI is InChI=1S/C17H22N/c1-3-18(2,14-16-10-6-4-7-11-16)15-17-12-8-5-9-13-17/h4-13H,3,14-15H2,1-2H3/q+1. The molecule has 2 aromatic rings. The Morgan fingerprint density at radius 3 is 1.44 bits per heavy atom. The van der Waals surface area contributed by atoms with E-state index in [2.05, 4.69) is 74.6 Å². The van der Waals surface area contributed by atoms with Crippen LogP contribution in [0.1, 0.15) is 18.1 Å². The summed E-state index contributed by atoms with van der Waals surface area (Å²) in [6.45, 7) is 5.59. The molecular weight excluding hydrogens is 218 g/mol. The number of rotatable bonds is 5.